The molecule has 3 aromatic carbocycles. The summed E-state index contributed by atoms with van der Waals surface area (Å²) in [6.45, 7) is 8.19. The van der Waals surface area contributed by atoms with Crippen LogP contribution in [0.25, 0.3) is 0 Å². The number of esters is 1. The number of amides is 2. The minimum absolute atomic E-state index is 0.0470. The normalized spacial score (nSPS) is 15.8. The van der Waals surface area contributed by atoms with Gasteiger partial charge in [-0.05, 0) is 54.4 Å². The topological polar surface area (TPSA) is 105 Å². The SMILES string of the molecule is C=CCC[C@H](Cc1ccccc1)C(=O)OC[C@H](COCc1ccccc1)NC(=O)[C@H](CC=C)CC(=O)N1Cc2ccccc2C[C@H]1CO. The summed E-state index contributed by atoms with van der Waals surface area (Å²) in [7, 11) is 0. The van der Waals surface area contributed by atoms with Crippen LogP contribution in [0.5, 0.6) is 0 Å². The second kappa shape index (κ2) is 19.3. The molecule has 4 atom stereocenters. The van der Waals surface area contributed by atoms with E-state index in [0.717, 1.165) is 22.3 Å². The van der Waals surface area contributed by atoms with Crippen molar-refractivity contribution in [3.05, 3.63) is 132 Å². The van der Waals surface area contributed by atoms with Crippen LogP contribution in [0, 0.1) is 11.8 Å². The Kier molecular flexibility index (Phi) is 14.6. The fourth-order valence-electron chi connectivity index (χ4n) is 6.02. The summed E-state index contributed by atoms with van der Waals surface area (Å²) in [6, 6.07) is 26.4. The summed E-state index contributed by atoms with van der Waals surface area (Å²) in [5.41, 5.74) is 4.17. The Bertz CT molecular complexity index is 1480. The molecule has 0 bridgehead atoms. The molecule has 8 heteroatoms. The predicted molar refractivity (Wildman–Crippen MR) is 187 cm³/mol. The van der Waals surface area contributed by atoms with Crippen molar-refractivity contribution in [1.82, 2.24) is 10.2 Å². The van der Waals surface area contributed by atoms with Crippen molar-refractivity contribution in [2.24, 2.45) is 11.8 Å². The van der Waals surface area contributed by atoms with Gasteiger partial charge >= 0.3 is 5.97 Å². The Morgan fingerprint density at radius 1 is 0.875 bits per heavy atom. The number of aliphatic hydroxyl groups excluding tert-OH is 1. The van der Waals surface area contributed by atoms with Crippen molar-refractivity contribution < 1.29 is 29.0 Å². The molecule has 1 aliphatic heterocycles. The van der Waals surface area contributed by atoms with Gasteiger partial charge in [0.1, 0.15) is 6.61 Å². The summed E-state index contributed by atoms with van der Waals surface area (Å²) in [4.78, 5) is 42.3. The zero-order chi connectivity index (χ0) is 34.1. The first-order valence-electron chi connectivity index (χ1n) is 16.7. The van der Waals surface area contributed by atoms with E-state index in [-0.39, 0.29) is 62.4 Å². The van der Waals surface area contributed by atoms with E-state index in [1.165, 1.54) is 0 Å². The lowest BCUT2D eigenvalue weighted by molar-refractivity contribution is -0.150. The van der Waals surface area contributed by atoms with Crippen LogP contribution < -0.4 is 5.32 Å². The molecule has 254 valence electrons. The van der Waals surface area contributed by atoms with E-state index in [0.29, 0.717) is 38.8 Å². The number of ether oxygens (including phenoxy) is 2. The molecule has 0 unspecified atom stereocenters. The highest BCUT2D eigenvalue weighted by molar-refractivity contribution is 5.86. The Hall–Kier alpha value is -4.53. The fraction of sp³-hybridized carbons (Fsp3) is 0.375. The van der Waals surface area contributed by atoms with Crippen molar-refractivity contribution in [2.45, 2.75) is 63.8 Å². The summed E-state index contributed by atoms with van der Waals surface area (Å²) < 4.78 is 11.8. The molecule has 0 spiro atoms. The van der Waals surface area contributed by atoms with Crippen molar-refractivity contribution in [1.29, 1.82) is 0 Å². The second-order valence-corrected chi connectivity index (χ2v) is 12.3. The molecule has 0 saturated heterocycles. The van der Waals surface area contributed by atoms with Crippen LogP contribution >= 0.6 is 0 Å². The number of benzene rings is 3. The third-order valence-electron chi connectivity index (χ3n) is 8.71. The monoisotopic (exact) mass is 652 g/mol. The van der Waals surface area contributed by atoms with Gasteiger partial charge in [-0.3, -0.25) is 14.4 Å². The van der Waals surface area contributed by atoms with Crippen LogP contribution in [0.15, 0.2) is 110 Å². The molecule has 1 aliphatic rings. The third-order valence-corrected chi connectivity index (χ3v) is 8.71. The molecule has 0 aliphatic carbocycles. The van der Waals surface area contributed by atoms with Crippen molar-refractivity contribution in [3.8, 4) is 0 Å². The summed E-state index contributed by atoms with van der Waals surface area (Å²) in [6.07, 6.45) is 6.01. The van der Waals surface area contributed by atoms with Gasteiger partial charge in [-0.1, -0.05) is 97.1 Å². The van der Waals surface area contributed by atoms with Crippen LogP contribution in [0.1, 0.15) is 47.9 Å². The number of nitrogens with zero attached hydrogens (tertiary/aromatic N) is 1. The number of hydrogen-bond donors (Lipinski definition) is 2. The Labute approximate surface area is 284 Å². The Morgan fingerprint density at radius 3 is 2.21 bits per heavy atom. The fourth-order valence-corrected chi connectivity index (χ4v) is 6.02. The lowest BCUT2D eigenvalue weighted by Crippen LogP contribution is -2.49. The number of aliphatic hydroxyl groups is 1. The van der Waals surface area contributed by atoms with Crippen LogP contribution in [-0.2, 0) is 49.9 Å². The van der Waals surface area contributed by atoms with Crippen LogP contribution in [0.4, 0.5) is 0 Å². The van der Waals surface area contributed by atoms with Gasteiger partial charge in [0.15, 0.2) is 0 Å². The van der Waals surface area contributed by atoms with Crippen molar-refractivity contribution in [2.75, 3.05) is 19.8 Å². The van der Waals surface area contributed by atoms with E-state index >= 15 is 0 Å². The van der Waals surface area contributed by atoms with Crippen LogP contribution in [0.2, 0.25) is 0 Å². The highest BCUT2D eigenvalue weighted by atomic mass is 16.5. The number of hydrogen-bond acceptors (Lipinski definition) is 6. The average Bonchev–Trinajstić information content (AvgIpc) is 3.12. The minimum Gasteiger partial charge on any atom is -0.463 e. The van der Waals surface area contributed by atoms with Gasteiger partial charge in [0.25, 0.3) is 0 Å². The largest absolute Gasteiger partial charge is 0.463 e. The molecule has 8 nitrogen and oxygen atoms in total. The maximum absolute atomic E-state index is 13.7. The molecular formula is C40H48N2O6. The van der Waals surface area contributed by atoms with Gasteiger partial charge in [0.2, 0.25) is 11.8 Å². The maximum Gasteiger partial charge on any atom is 0.309 e. The minimum atomic E-state index is -0.697. The molecule has 2 N–H and O–H groups in total. The molecule has 0 aromatic heterocycles. The molecule has 3 aromatic rings. The smallest absolute Gasteiger partial charge is 0.309 e. The number of rotatable bonds is 19. The standard InChI is InChI=1S/C40H48N2O6/c1-3-5-19-34(22-30-15-8-6-9-16-30)40(46)48-29-36(28-47-27-31-17-10-7-11-18-31)41-39(45)33(14-4-2)24-38(44)42-25-35-21-13-12-20-32(35)23-37(42)26-43/h3-4,6-13,15-18,20-21,33-34,36-37,43H,1-2,5,14,19,22-29H2,(H,41,45)/t33-,34-,36+,37+/m1/s1. The lowest BCUT2D eigenvalue weighted by atomic mass is 9.92. The van der Waals surface area contributed by atoms with Gasteiger partial charge in [-0.2, -0.15) is 0 Å². The summed E-state index contributed by atoms with van der Waals surface area (Å²) in [5.74, 6) is -1.97. The zero-order valence-corrected chi connectivity index (χ0v) is 27.7. The van der Waals surface area contributed by atoms with E-state index < -0.39 is 12.0 Å². The number of carbonyl (C=O) groups is 3. The van der Waals surface area contributed by atoms with Gasteiger partial charge in [0.05, 0.1) is 43.7 Å². The highest BCUT2D eigenvalue weighted by Crippen LogP contribution is 2.25. The molecule has 48 heavy (non-hydrogen) atoms. The molecule has 0 radical (unpaired) electrons. The number of allylic oxidation sites excluding steroid dienone is 2. The van der Waals surface area contributed by atoms with Gasteiger partial charge in [0, 0.05) is 13.0 Å². The van der Waals surface area contributed by atoms with Crippen LogP contribution in [0.3, 0.4) is 0 Å². The molecule has 2 amide bonds. The van der Waals surface area contributed by atoms with E-state index in [2.05, 4.69) is 18.5 Å². The molecular weight excluding hydrogens is 604 g/mol. The lowest BCUT2D eigenvalue weighted by Gasteiger charge is -2.36. The molecule has 4 rings (SSSR count). The number of nitrogens with one attached hydrogen (secondary N) is 1. The van der Waals surface area contributed by atoms with Gasteiger partial charge in [-0.25, -0.2) is 0 Å². The molecule has 1 heterocycles. The molecule has 0 fully saturated rings. The quantitative estimate of drug-likeness (QED) is 0.129. The summed E-state index contributed by atoms with van der Waals surface area (Å²) in [5, 5.41) is 13.1. The van der Waals surface area contributed by atoms with E-state index in [1.807, 2.05) is 84.9 Å². The Balaban J connectivity index is 1.43. The van der Waals surface area contributed by atoms with E-state index in [9.17, 15) is 19.5 Å². The first-order chi connectivity index (χ1) is 23.4. The summed E-state index contributed by atoms with van der Waals surface area (Å²) >= 11 is 0. The Morgan fingerprint density at radius 2 is 1.54 bits per heavy atom. The van der Waals surface area contributed by atoms with Gasteiger partial charge in [-0.15, -0.1) is 13.2 Å². The van der Waals surface area contributed by atoms with Gasteiger partial charge < -0.3 is 24.8 Å². The molecule has 0 saturated carbocycles. The third kappa shape index (κ3) is 11.0. The highest BCUT2D eigenvalue weighted by Gasteiger charge is 2.32. The first kappa shape index (κ1) is 36.3. The van der Waals surface area contributed by atoms with Crippen molar-refractivity contribution in [3.63, 3.8) is 0 Å². The number of fused-ring (bicyclic) bond motifs is 1. The van der Waals surface area contributed by atoms with Crippen molar-refractivity contribution >= 4 is 17.8 Å². The predicted octanol–water partition coefficient (Wildman–Crippen LogP) is 5.58. The first-order valence-corrected chi connectivity index (χ1v) is 16.7. The maximum atomic E-state index is 13.7. The second-order valence-electron chi connectivity index (χ2n) is 12.3. The van der Waals surface area contributed by atoms with E-state index in [4.69, 9.17) is 9.47 Å². The number of carbonyl (C=O) groups excluding carboxylic acids is 3. The van der Waals surface area contributed by atoms with E-state index in [1.54, 1.807) is 17.1 Å². The zero-order valence-electron chi connectivity index (χ0n) is 27.7. The van der Waals surface area contributed by atoms with Crippen LogP contribution in [-0.4, -0.2) is 59.7 Å². The average molecular weight is 653 g/mol.